The molecule has 0 aromatic heterocycles. The molecule has 0 radical (unpaired) electrons. The van der Waals surface area contributed by atoms with Crippen LogP contribution in [0.1, 0.15) is 5.56 Å². The van der Waals surface area contributed by atoms with Crippen molar-refractivity contribution in [3.8, 4) is 0 Å². The van der Waals surface area contributed by atoms with E-state index in [9.17, 15) is 4.79 Å². The standard InChI is InChI=1S/C13H13ClOS2/c1-16-13(17-2)9-11(15)8-7-10-5-3-4-6-12(10)14/h3-9H,1-2H3/b8-7+. The Morgan fingerprint density at radius 1 is 1.24 bits per heavy atom. The van der Waals surface area contributed by atoms with E-state index < -0.39 is 0 Å². The summed E-state index contributed by atoms with van der Waals surface area (Å²) in [7, 11) is 0. The average Bonchev–Trinajstić information content (AvgIpc) is 2.35. The zero-order valence-electron chi connectivity index (χ0n) is 9.64. The van der Waals surface area contributed by atoms with Crippen molar-refractivity contribution in [2.24, 2.45) is 0 Å². The van der Waals surface area contributed by atoms with Crippen molar-refractivity contribution in [2.75, 3.05) is 12.5 Å². The Kier molecular flexibility index (Phi) is 6.48. The number of hydrogen-bond donors (Lipinski definition) is 0. The van der Waals surface area contributed by atoms with Crippen molar-refractivity contribution in [1.29, 1.82) is 0 Å². The average molecular weight is 285 g/mol. The number of halogens is 1. The van der Waals surface area contributed by atoms with Gasteiger partial charge in [0, 0.05) is 15.3 Å². The summed E-state index contributed by atoms with van der Waals surface area (Å²) in [5.74, 6) is -0.0244. The van der Waals surface area contributed by atoms with E-state index in [1.807, 2.05) is 30.7 Å². The molecule has 17 heavy (non-hydrogen) atoms. The van der Waals surface area contributed by atoms with Crippen LogP contribution in [0.2, 0.25) is 5.02 Å². The SMILES string of the molecule is CSC(=CC(=O)/C=C/c1ccccc1Cl)SC. The van der Waals surface area contributed by atoms with E-state index >= 15 is 0 Å². The second-order valence-corrected chi connectivity index (χ2v) is 5.49. The van der Waals surface area contributed by atoms with Crippen LogP contribution in [0.25, 0.3) is 6.08 Å². The maximum atomic E-state index is 11.6. The van der Waals surface area contributed by atoms with E-state index in [4.69, 9.17) is 11.6 Å². The van der Waals surface area contributed by atoms with E-state index in [1.165, 1.54) is 6.08 Å². The molecule has 1 aromatic rings. The molecule has 0 fully saturated rings. The highest BCUT2D eigenvalue weighted by Crippen LogP contribution is 2.23. The summed E-state index contributed by atoms with van der Waals surface area (Å²) in [6, 6.07) is 7.43. The molecule has 0 aliphatic heterocycles. The molecule has 0 saturated carbocycles. The van der Waals surface area contributed by atoms with Gasteiger partial charge in [-0.15, -0.1) is 23.5 Å². The lowest BCUT2D eigenvalue weighted by molar-refractivity contribution is -0.110. The molecule has 0 aliphatic carbocycles. The molecule has 1 rings (SSSR count). The van der Waals surface area contributed by atoms with Crippen LogP contribution >= 0.6 is 35.1 Å². The van der Waals surface area contributed by atoms with Gasteiger partial charge in [0.05, 0.1) is 0 Å². The van der Waals surface area contributed by atoms with Crippen LogP contribution in [-0.4, -0.2) is 18.3 Å². The monoisotopic (exact) mass is 284 g/mol. The van der Waals surface area contributed by atoms with Gasteiger partial charge in [-0.25, -0.2) is 0 Å². The molecule has 0 amide bonds. The van der Waals surface area contributed by atoms with Crippen LogP contribution in [0.3, 0.4) is 0 Å². The van der Waals surface area contributed by atoms with Gasteiger partial charge in [0.2, 0.25) is 0 Å². The lowest BCUT2D eigenvalue weighted by Crippen LogP contribution is -1.86. The summed E-state index contributed by atoms with van der Waals surface area (Å²) in [4.78, 5) is 11.6. The van der Waals surface area contributed by atoms with Crippen LogP contribution in [0.15, 0.2) is 40.7 Å². The Hall–Kier alpha value is -0.640. The first kappa shape index (κ1) is 14.4. The topological polar surface area (TPSA) is 17.1 Å². The first-order valence-electron chi connectivity index (χ1n) is 4.93. The number of rotatable bonds is 5. The van der Waals surface area contributed by atoms with Gasteiger partial charge in [-0.05, 0) is 36.3 Å². The molecule has 1 aromatic carbocycles. The minimum atomic E-state index is -0.0244. The van der Waals surface area contributed by atoms with Crippen LogP contribution in [-0.2, 0) is 4.79 Å². The number of carbonyl (C=O) groups is 1. The molecule has 0 saturated heterocycles. The van der Waals surface area contributed by atoms with E-state index in [2.05, 4.69) is 0 Å². The molecule has 90 valence electrons. The zero-order chi connectivity index (χ0) is 12.7. The Bertz CT molecular complexity index is 446. The van der Waals surface area contributed by atoms with Crippen LogP contribution in [0.5, 0.6) is 0 Å². The minimum absolute atomic E-state index is 0.0244. The lowest BCUT2D eigenvalue weighted by atomic mass is 10.2. The molecule has 1 nitrogen and oxygen atoms in total. The molecular weight excluding hydrogens is 272 g/mol. The summed E-state index contributed by atoms with van der Waals surface area (Å²) in [5, 5.41) is 0.649. The fourth-order valence-corrected chi connectivity index (χ4v) is 2.48. The first-order valence-corrected chi connectivity index (χ1v) is 7.76. The molecule has 4 heteroatoms. The third-order valence-electron chi connectivity index (χ3n) is 1.99. The number of allylic oxidation sites excluding steroid dienone is 2. The number of carbonyl (C=O) groups excluding carboxylic acids is 1. The molecule has 0 heterocycles. The van der Waals surface area contributed by atoms with Gasteiger partial charge >= 0.3 is 0 Å². The summed E-state index contributed by atoms with van der Waals surface area (Å²) in [6.07, 6.45) is 8.80. The smallest absolute Gasteiger partial charge is 0.180 e. The maximum absolute atomic E-state index is 11.6. The third-order valence-corrected chi connectivity index (χ3v) is 4.38. The Balaban J connectivity index is 2.76. The molecule has 0 N–H and O–H groups in total. The van der Waals surface area contributed by atoms with Crippen molar-refractivity contribution in [3.63, 3.8) is 0 Å². The normalized spacial score (nSPS) is 10.5. The molecule has 0 aliphatic rings. The van der Waals surface area contributed by atoms with E-state index in [1.54, 1.807) is 41.7 Å². The minimum Gasteiger partial charge on any atom is -0.290 e. The van der Waals surface area contributed by atoms with Crippen LogP contribution in [0, 0.1) is 0 Å². The maximum Gasteiger partial charge on any atom is 0.180 e. The highest BCUT2D eigenvalue weighted by Gasteiger charge is 1.98. The predicted octanol–water partition coefficient (Wildman–Crippen LogP) is 4.49. The van der Waals surface area contributed by atoms with Gasteiger partial charge in [-0.3, -0.25) is 4.79 Å². The summed E-state index contributed by atoms with van der Waals surface area (Å²) in [6.45, 7) is 0. The third kappa shape index (κ3) is 5.02. The fraction of sp³-hybridized carbons (Fsp3) is 0.154. The molecule has 0 unspecified atom stereocenters. The number of thioether (sulfide) groups is 2. The fourth-order valence-electron chi connectivity index (χ4n) is 1.15. The Labute approximate surface area is 115 Å². The first-order chi connectivity index (χ1) is 8.17. The molecule has 0 atom stereocenters. The van der Waals surface area contributed by atoms with Gasteiger partial charge in [0.25, 0.3) is 0 Å². The van der Waals surface area contributed by atoms with Crippen molar-refractivity contribution in [1.82, 2.24) is 0 Å². The van der Waals surface area contributed by atoms with Crippen LogP contribution < -0.4 is 0 Å². The van der Waals surface area contributed by atoms with Crippen molar-refractivity contribution in [2.45, 2.75) is 0 Å². The number of hydrogen-bond acceptors (Lipinski definition) is 3. The second-order valence-electron chi connectivity index (χ2n) is 3.13. The van der Waals surface area contributed by atoms with Crippen molar-refractivity contribution >= 4 is 47.0 Å². The predicted molar refractivity (Wildman–Crippen MR) is 80.6 cm³/mol. The van der Waals surface area contributed by atoms with E-state index in [0.29, 0.717) is 5.02 Å². The van der Waals surface area contributed by atoms with E-state index in [0.717, 1.165) is 9.80 Å². The number of benzene rings is 1. The van der Waals surface area contributed by atoms with Gasteiger partial charge in [0.1, 0.15) is 0 Å². The van der Waals surface area contributed by atoms with Crippen molar-refractivity contribution < 1.29 is 4.79 Å². The highest BCUT2D eigenvalue weighted by atomic mass is 35.5. The highest BCUT2D eigenvalue weighted by molar-refractivity contribution is 8.21. The molecule has 0 bridgehead atoms. The quantitative estimate of drug-likeness (QED) is 0.742. The summed E-state index contributed by atoms with van der Waals surface area (Å²) >= 11 is 9.11. The lowest BCUT2D eigenvalue weighted by Gasteiger charge is -1.97. The Morgan fingerprint density at radius 3 is 2.47 bits per heavy atom. The second kappa shape index (κ2) is 7.64. The zero-order valence-corrected chi connectivity index (χ0v) is 12.0. The van der Waals surface area contributed by atoms with Gasteiger partial charge < -0.3 is 0 Å². The number of ketones is 1. The largest absolute Gasteiger partial charge is 0.290 e. The van der Waals surface area contributed by atoms with Crippen LogP contribution in [0.4, 0.5) is 0 Å². The van der Waals surface area contributed by atoms with Crippen molar-refractivity contribution in [3.05, 3.63) is 51.2 Å². The van der Waals surface area contributed by atoms with Gasteiger partial charge in [-0.1, -0.05) is 29.8 Å². The van der Waals surface area contributed by atoms with Gasteiger partial charge in [-0.2, -0.15) is 0 Å². The van der Waals surface area contributed by atoms with Gasteiger partial charge in [0.15, 0.2) is 5.78 Å². The molecular formula is C13H13ClOS2. The summed E-state index contributed by atoms with van der Waals surface area (Å²) < 4.78 is 0.999. The summed E-state index contributed by atoms with van der Waals surface area (Å²) in [5.41, 5.74) is 0.853. The Morgan fingerprint density at radius 2 is 1.88 bits per heavy atom. The molecule has 0 spiro atoms. The van der Waals surface area contributed by atoms with E-state index in [-0.39, 0.29) is 5.78 Å².